The third-order valence-electron chi connectivity index (χ3n) is 4.32. The zero-order valence-electron chi connectivity index (χ0n) is 17.5. The van der Waals surface area contributed by atoms with E-state index in [1.807, 2.05) is 44.4 Å². The molecule has 0 amide bonds. The number of aromatic nitrogens is 4. The molecule has 12 heteroatoms. The second-order valence-corrected chi connectivity index (χ2v) is 9.40. The fraction of sp³-hybridized carbons (Fsp3) is 0.611. The van der Waals surface area contributed by atoms with E-state index in [1.165, 1.54) is 6.33 Å². The average Bonchev–Trinajstić information content (AvgIpc) is 3.11. The van der Waals surface area contributed by atoms with Crippen molar-refractivity contribution in [1.29, 1.82) is 0 Å². The Kier molecular flexibility index (Phi) is 7.23. The summed E-state index contributed by atoms with van der Waals surface area (Å²) in [4.78, 5) is 15.3. The lowest BCUT2D eigenvalue weighted by Crippen LogP contribution is -2.21. The summed E-state index contributed by atoms with van der Waals surface area (Å²) >= 11 is 0. The number of hydrogen-bond donors (Lipinski definition) is 0. The van der Waals surface area contributed by atoms with Crippen LogP contribution in [0.4, 0.5) is 5.82 Å². The van der Waals surface area contributed by atoms with Crippen LogP contribution in [0.3, 0.4) is 0 Å². The first-order chi connectivity index (χ1) is 14.3. The summed E-state index contributed by atoms with van der Waals surface area (Å²) in [5, 5.41) is 3.56. The molecule has 0 aromatic carbocycles. The maximum Gasteiger partial charge on any atom is 0.356 e. The molecule has 11 nitrogen and oxygen atoms in total. The van der Waals surface area contributed by atoms with Gasteiger partial charge >= 0.3 is 7.60 Å². The molecule has 2 aromatic heterocycles. The summed E-state index contributed by atoms with van der Waals surface area (Å²) in [5.41, 5.74) is 9.73. The number of fused-ring (bicyclic) bond motifs is 1. The predicted octanol–water partition coefficient (Wildman–Crippen LogP) is 5.05. The van der Waals surface area contributed by atoms with E-state index >= 15 is 0 Å². The van der Waals surface area contributed by atoms with E-state index in [4.69, 9.17) is 19.3 Å². The highest BCUT2D eigenvalue weighted by atomic mass is 31.2. The van der Waals surface area contributed by atoms with E-state index in [9.17, 15) is 4.57 Å². The first kappa shape index (κ1) is 22.4. The predicted molar refractivity (Wildman–Crippen MR) is 111 cm³/mol. The van der Waals surface area contributed by atoms with Crippen molar-refractivity contribution in [2.45, 2.75) is 64.9 Å². The van der Waals surface area contributed by atoms with E-state index in [0.717, 1.165) is 12.8 Å². The van der Waals surface area contributed by atoms with Crippen LogP contribution in [0.5, 0.6) is 0 Å². The molecule has 0 fully saturated rings. The lowest BCUT2D eigenvalue weighted by Gasteiger charge is -2.27. The third-order valence-corrected chi connectivity index (χ3v) is 6.27. The largest absolute Gasteiger partial charge is 0.362 e. The van der Waals surface area contributed by atoms with Crippen LogP contribution in [-0.2, 0) is 18.3 Å². The van der Waals surface area contributed by atoms with Gasteiger partial charge in [0.25, 0.3) is 0 Å². The molecular weight excluding hydrogens is 409 g/mol. The number of rotatable bonds is 9. The van der Waals surface area contributed by atoms with Crippen molar-refractivity contribution >= 4 is 24.6 Å². The Morgan fingerprint density at radius 2 is 1.93 bits per heavy atom. The molecule has 1 aliphatic rings. The molecule has 162 valence electrons. The Hall–Kier alpha value is -2.29. The molecule has 0 bridgehead atoms. The summed E-state index contributed by atoms with van der Waals surface area (Å²) in [6, 6.07) is 0.0225. The molecule has 0 N–H and O–H groups in total. The zero-order valence-corrected chi connectivity index (χ0v) is 18.3. The standard InChI is InChI=1S/C18H26N7O4P/c1-12(2)28-30(26,29-13(3)4)11-27-15-7-5-14(6-8-15)25-10-22-16-17(23-24-19)20-9-21-18(16)25/h5,7,9-10,12-15H,6,8,11H2,1-4H3/t14-,15+/m0/s1. The first-order valence-electron chi connectivity index (χ1n) is 9.79. The molecular formula is C18H26N7O4P. The van der Waals surface area contributed by atoms with Crippen molar-refractivity contribution in [2.24, 2.45) is 5.11 Å². The zero-order chi connectivity index (χ0) is 21.7. The smallest absolute Gasteiger partial charge is 0.356 e. The molecule has 0 unspecified atom stereocenters. The highest BCUT2D eigenvalue weighted by Crippen LogP contribution is 2.50. The van der Waals surface area contributed by atoms with Crippen LogP contribution in [0.15, 0.2) is 29.9 Å². The number of ether oxygens (including phenoxy) is 1. The fourth-order valence-corrected chi connectivity index (χ4v) is 5.09. The molecule has 2 heterocycles. The van der Waals surface area contributed by atoms with Crippen LogP contribution < -0.4 is 0 Å². The van der Waals surface area contributed by atoms with Gasteiger partial charge in [0, 0.05) is 4.91 Å². The average molecular weight is 435 g/mol. The minimum Gasteiger partial charge on any atom is -0.362 e. The molecule has 2 aromatic rings. The lowest BCUT2D eigenvalue weighted by molar-refractivity contribution is 0.0670. The maximum atomic E-state index is 12.9. The molecule has 0 saturated carbocycles. The minimum atomic E-state index is -3.33. The monoisotopic (exact) mass is 435 g/mol. The van der Waals surface area contributed by atoms with Gasteiger partial charge in [0.1, 0.15) is 18.2 Å². The van der Waals surface area contributed by atoms with Crippen molar-refractivity contribution < 1.29 is 18.3 Å². The summed E-state index contributed by atoms with van der Waals surface area (Å²) in [5.74, 6) is 0.202. The van der Waals surface area contributed by atoms with Crippen molar-refractivity contribution in [3.8, 4) is 0 Å². The van der Waals surface area contributed by atoms with Gasteiger partial charge in [-0.3, -0.25) is 4.57 Å². The summed E-state index contributed by atoms with van der Waals surface area (Å²) in [6.07, 6.45) is 7.70. The van der Waals surface area contributed by atoms with Crippen molar-refractivity contribution in [3.63, 3.8) is 0 Å². The maximum absolute atomic E-state index is 12.9. The molecule has 2 atom stereocenters. The first-order valence-corrected chi connectivity index (χ1v) is 11.5. The van der Waals surface area contributed by atoms with Crippen LogP contribution in [0.1, 0.15) is 46.6 Å². The van der Waals surface area contributed by atoms with Crippen LogP contribution >= 0.6 is 7.60 Å². The van der Waals surface area contributed by atoms with Gasteiger partial charge in [-0.1, -0.05) is 12.2 Å². The normalized spacial score (nSPS) is 19.5. The van der Waals surface area contributed by atoms with Crippen molar-refractivity contribution in [3.05, 3.63) is 35.2 Å². The van der Waals surface area contributed by atoms with Gasteiger partial charge in [-0.25, -0.2) is 15.0 Å². The van der Waals surface area contributed by atoms with E-state index in [0.29, 0.717) is 11.2 Å². The van der Waals surface area contributed by atoms with Crippen LogP contribution in [0.25, 0.3) is 21.6 Å². The highest BCUT2D eigenvalue weighted by Gasteiger charge is 2.30. The van der Waals surface area contributed by atoms with E-state index < -0.39 is 7.60 Å². The number of azide groups is 1. The Morgan fingerprint density at radius 3 is 2.53 bits per heavy atom. The molecule has 0 aliphatic heterocycles. The lowest BCUT2D eigenvalue weighted by atomic mass is 10.0. The Morgan fingerprint density at radius 1 is 1.20 bits per heavy atom. The topological polar surface area (TPSA) is 137 Å². The third kappa shape index (κ3) is 5.44. The quantitative estimate of drug-likeness (QED) is 0.177. The minimum absolute atomic E-state index is 0.0225. The van der Waals surface area contributed by atoms with Crippen LogP contribution in [-0.4, -0.2) is 44.2 Å². The van der Waals surface area contributed by atoms with Crippen molar-refractivity contribution in [1.82, 2.24) is 19.5 Å². The molecule has 3 rings (SSSR count). The van der Waals surface area contributed by atoms with Crippen LogP contribution in [0.2, 0.25) is 0 Å². The number of nitrogens with zero attached hydrogens (tertiary/aromatic N) is 7. The molecule has 0 saturated heterocycles. The van der Waals surface area contributed by atoms with E-state index in [2.05, 4.69) is 25.0 Å². The second kappa shape index (κ2) is 9.68. The van der Waals surface area contributed by atoms with Gasteiger partial charge in [-0.15, -0.1) is 0 Å². The van der Waals surface area contributed by atoms with E-state index in [-0.39, 0.29) is 36.5 Å². The second-order valence-electron chi connectivity index (χ2n) is 7.49. The van der Waals surface area contributed by atoms with Crippen LogP contribution in [0, 0.1) is 0 Å². The summed E-state index contributed by atoms with van der Waals surface area (Å²) < 4.78 is 31.7. The highest BCUT2D eigenvalue weighted by molar-refractivity contribution is 7.53. The van der Waals surface area contributed by atoms with Gasteiger partial charge in [0.15, 0.2) is 11.5 Å². The van der Waals surface area contributed by atoms with Gasteiger partial charge < -0.3 is 18.4 Å². The SMILES string of the molecule is CC(C)OP(=O)(CO[C@@H]1C=C[C@H](n2cnc3c(N=[N+]=[N-])ncnc32)CC1)OC(C)C. The summed E-state index contributed by atoms with van der Waals surface area (Å²) in [7, 11) is -3.33. The van der Waals surface area contributed by atoms with Gasteiger partial charge in [0.2, 0.25) is 0 Å². The van der Waals surface area contributed by atoms with E-state index in [1.54, 1.807) is 6.33 Å². The fourth-order valence-electron chi connectivity index (χ4n) is 3.26. The summed E-state index contributed by atoms with van der Waals surface area (Å²) in [6.45, 7) is 7.25. The van der Waals surface area contributed by atoms with Gasteiger partial charge in [0.05, 0.1) is 30.7 Å². The molecule has 1 aliphatic carbocycles. The Balaban J connectivity index is 1.68. The van der Waals surface area contributed by atoms with Crippen molar-refractivity contribution in [2.75, 3.05) is 6.35 Å². The van der Waals surface area contributed by atoms with Gasteiger partial charge in [-0.2, -0.15) is 0 Å². The Bertz CT molecular complexity index is 986. The number of allylic oxidation sites excluding steroid dienone is 1. The Labute approximate surface area is 174 Å². The number of imidazole rings is 1. The number of hydrogen-bond acceptors (Lipinski definition) is 8. The molecule has 0 radical (unpaired) electrons. The molecule has 0 spiro atoms. The van der Waals surface area contributed by atoms with Gasteiger partial charge in [-0.05, 0) is 51.2 Å². The molecule has 30 heavy (non-hydrogen) atoms.